The van der Waals surface area contributed by atoms with Crippen molar-refractivity contribution in [3.63, 3.8) is 0 Å². The summed E-state index contributed by atoms with van der Waals surface area (Å²) in [6.07, 6.45) is 3.91. The third kappa shape index (κ3) is 4.55. The molecule has 1 aliphatic heterocycles. The lowest BCUT2D eigenvalue weighted by atomic mass is 9.90. The van der Waals surface area contributed by atoms with Crippen molar-refractivity contribution < 1.29 is 0 Å². The highest BCUT2D eigenvalue weighted by atomic mass is 127. The molecule has 0 aromatic heterocycles. The fraction of sp³-hybridized carbons (Fsp3) is 0.368. The van der Waals surface area contributed by atoms with Crippen LogP contribution >= 0.6 is 22.6 Å². The van der Waals surface area contributed by atoms with E-state index < -0.39 is 0 Å². The number of hydrogen-bond acceptors (Lipinski definition) is 1. The summed E-state index contributed by atoms with van der Waals surface area (Å²) in [4.78, 5) is 2.60. The summed E-state index contributed by atoms with van der Waals surface area (Å²) in [5.74, 6) is 0.861. The van der Waals surface area contributed by atoms with Crippen molar-refractivity contribution >= 4 is 22.6 Å². The zero-order valence-electron chi connectivity index (χ0n) is 12.3. The number of rotatable bonds is 4. The molecule has 0 spiro atoms. The summed E-state index contributed by atoms with van der Waals surface area (Å²) in [7, 11) is 0. The van der Waals surface area contributed by atoms with Crippen molar-refractivity contribution in [3.05, 3.63) is 69.3 Å². The molecule has 0 unspecified atom stereocenters. The Labute approximate surface area is 141 Å². The average Bonchev–Trinajstić information content (AvgIpc) is 2.53. The molecule has 0 atom stereocenters. The number of benzene rings is 2. The molecule has 21 heavy (non-hydrogen) atoms. The minimum absolute atomic E-state index is 0.861. The molecule has 0 amide bonds. The van der Waals surface area contributed by atoms with Gasteiger partial charge in [-0.15, -0.1) is 0 Å². The Balaban J connectivity index is 1.47. The van der Waals surface area contributed by atoms with Gasteiger partial charge in [0.2, 0.25) is 0 Å². The standard InChI is InChI=1S/C19H22IN/c20-19-8-6-18(7-9-19)15-21-12-10-17(11-13-21)14-16-4-2-1-3-5-16/h1-9,17H,10-15H2. The molecule has 0 radical (unpaired) electrons. The second-order valence-corrected chi connectivity index (χ2v) is 7.28. The van der Waals surface area contributed by atoms with Crippen LogP contribution in [0.15, 0.2) is 54.6 Å². The second kappa shape index (κ2) is 7.41. The van der Waals surface area contributed by atoms with Gasteiger partial charge in [0.25, 0.3) is 0 Å². The van der Waals surface area contributed by atoms with Gasteiger partial charge in [0.1, 0.15) is 0 Å². The summed E-state index contributed by atoms with van der Waals surface area (Å²) in [6, 6.07) is 19.9. The molecule has 2 aromatic carbocycles. The van der Waals surface area contributed by atoms with E-state index in [9.17, 15) is 0 Å². The molecule has 1 heterocycles. The van der Waals surface area contributed by atoms with Crippen molar-refractivity contribution in [1.29, 1.82) is 0 Å². The summed E-state index contributed by atoms with van der Waals surface area (Å²) < 4.78 is 1.32. The molecule has 2 aromatic rings. The van der Waals surface area contributed by atoms with Crippen LogP contribution in [0.1, 0.15) is 24.0 Å². The summed E-state index contributed by atoms with van der Waals surface area (Å²) >= 11 is 2.37. The van der Waals surface area contributed by atoms with Gasteiger partial charge in [0.15, 0.2) is 0 Å². The van der Waals surface area contributed by atoms with Gasteiger partial charge in [0.05, 0.1) is 0 Å². The van der Waals surface area contributed by atoms with Crippen molar-refractivity contribution in [2.45, 2.75) is 25.8 Å². The van der Waals surface area contributed by atoms with E-state index in [0.717, 1.165) is 12.5 Å². The van der Waals surface area contributed by atoms with Crippen molar-refractivity contribution in [3.8, 4) is 0 Å². The maximum atomic E-state index is 2.60. The summed E-state index contributed by atoms with van der Waals surface area (Å²) in [5.41, 5.74) is 2.94. The molecule has 1 aliphatic rings. The topological polar surface area (TPSA) is 3.24 Å². The maximum absolute atomic E-state index is 2.60. The molecular weight excluding hydrogens is 369 g/mol. The van der Waals surface area contributed by atoms with Crippen LogP contribution in [-0.4, -0.2) is 18.0 Å². The number of nitrogens with zero attached hydrogens (tertiary/aromatic N) is 1. The van der Waals surface area contributed by atoms with E-state index in [-0.39, 0.29) is 0 Å². The zero-order chi connectivity index (χ0) is 14.5. The predicted octanol–water partition coefficient (Wildman–Crippen LogP) is 4.75. The lowest BCUT2D eigenvalue weighted by Gasteiger charge is -2.32. The van der Waals surface area contributed by atoms with Gasteiger partial charge in [-0.05, 0) is 84.1 Å². The highest BCUT2D eigenvalue weighted by Crippen LogP contribution is 2.23. The monoisotopic (exact) mass is 391 g/mol. The molecule has 110 valence electrons. The molecule has 3 rings (SSSR count). The number of piperidine rings is 1. The fourth-order valence-corrected chi connectivity index (χ4v) is 3.50. The predicted molar refractivity (Wildman–Crippen MR) is 97.3 cm³/mol. The second-order valence-electron chi connectivity index (χ2n) is 6.04. The van der Waals surface area contributed by atoms with Crippen LogP contribution in [0.25, 0.3) is 0 Å². The first-order valence-corrected chi connectivity index (χ1v) is 8.88. The van der Waals surface area contributed by atoms with Crippen LogP contribution in [0.3, 0.4) is 0 Å². The van der Waals surface area contributed by atoms with E-state index in [0.29, 0.717) is 0 Å². The van der Waals surface area contributed by atoms with Crippen LogP contribution in [-0.2, 0) is 13.0 Å². The fourth-order valence-electron chi connectivity index (χ4n) is 3.14. The highest BCUT2D eigenvalue weighted by molar-refractivity contribution is 14.1. The first-order valence-electron chi connectivity index (χ1n) is 7.80. The van der Waals surface area contributed by atoms with E-state index in [1.807, 2.05) is 0 Å². The zero-order valence-corrected chi connectivity index (χ0v) is 14.5. The molecule has 0 bridgehead atoms. The van der Waals surface area contributed by atoms with Gasteiger partial charge >= 0.3 is 0 Å². The van der Waals surface area contributed by atoms with Crippen molar-refractivity contribution in [2.24, 2.45) is 5.92 Å². The van der Waals surface area contributed by atoms with E-state index in [2.05, 4.69) is 82.1 Å². The van der Waals surface area contributed by atoms with Gasteiger partial charge in [-0.1, -0.05) is 42.5 Å². The van der Waals surface area contributed by atoms with E-state index in [1.165, 1.54) is 47.0 Å². The Morgan fingerprint density at radius 3 is 2.19 bits per heavy atom. The molecule has 1 nitrogen and oxygen atoms in total. The minimum atomic E-state index is 0.861. The van der Waals surface area contributed by atoms with Crippen LogP contribution in [0.2, 0.25) is 0 Å². The van der Waals surface area contributed by atoms with E-state index in [1.54, 1.807) is 0 Å². The highest BCUT2D eigenvalue weighted by Gasteiger charge is 2.19. The third-order valence-electron chi connectivity index (χ3n) is 4.39. The quantitative estimate of drug-likeness (QED) is 0.681. The first kappa shape index (κ1) is 15.0. The third-order valence-corrected chi connectivity index (χ3v) is 5.11. The largest absolute Gasteiger partial charge is 0.299 e. The Hall–Kier alpha value is -0.870. The van der Waals surface area contributed by atoms with E-state index >= 15 is 0 Å². The van der Waals surface area contributed by atoms with Gasteiger partial charge in [0, 0.05) is 10.1 Å². The summed E-state index contributed by atoms with van der Waals surface area (Å²) in [5, 5.41) is 0. The van der Waals surface area contributed by atoms with Crippen LogP contribution in [0.5, 0.6) is 0 Å². The van der Waals surface area contributed by atoms with Gasteiger partial charge in [-0.25, -0.2) is 0 Å². The van der Waals surface area contributed by atoms with Gasteiger partial charge < -0.3 is 0 Å². The van der Waals surface area contributed by atoms with Crippen LogP contribution in [0, 0.1) is 9.49 Å². The molecule has 0 N–H and O–H groups in total. The van der Waals surface area contributed by atoms with Crippen molar-refractivity contribution in [1.82, 2.24) is 4.90 Å². The number of likely N-dealkylation sites (tertiary alicyclic amines) is 1. The van der Waals surface area contributed by atoms with Crippen LogP contribution < -0.4 is 0 Å². The number of hydrogen-bond donors (Lipinski definition) is 0. The molecule has 0 aliphatic carbocycles. The lowest BCUT2D eigenvalue weighted by molar-refractivity contribution is 0.177. The Morgan fingerprint density at radius 1 is 0.857 bits per heavy atom. The minimum Gasteiger partial charge on any atom is -0.299 e. The SMILES string of the molecule is Ic1ccc(CN2CCC(Cc3ccccc3)CC2)cc1. The Kier molecular flexibility index (Phi) is 5.31. The molecule has 1 saturated heterocycles. The summed E-state index contributed by atoms with van der Waals surface area (Å²) in [6.45, 7) is 3.59. The van der Waals surface area contributed by atoms with Gasteiger partial charge in [-0.2, -0.15) is 0 Å². The lowest BCUT2D eigenvalue weighted by Crippen LogP contribution is -2.33. The molecule has 2 heteroatoms. The molecular formula is C19H22IN. The Bertz CT molecular complexity index is 542. The molecule has 0 saturated carbocycles. The van der Waals surface area contributed by atoms with E-state index in [4.69, 9.17) is 0 Å². The average molecular weight is 391 g/mol. The van der Waals surface area contributed by atoms with Crippen LogP contribution in [0.4, 0.5) is 0 Å². The number of halogens is 1. The normalized spacial score (nSPS) is 17.0. The first-order chi connectivity index (χ1) is 10.3. The maximum Gasteiger partial charge on any atom is 0.0233 e. The van der Waals surface area contributed by atoms with Gasteiger partial charge in [-0.3, -0.25) is 4.90 Å². The smallest absolute Gasteiger partial charge is 0.0233 e. The Morgan fingerprint density at radius 2 is 1.52 bits per heavy atom. The molecule has 1 fully saturated rings. The van der Waals surface area contributed by atoms with Crippen molar-refractivity contribution in [2.75, 3.05) is 13.1 Å².